The molecule has 2 amide bonds. The van der Waals surface area contributed by atoms with Gasteiger partial charge in [-0.15, -0.1) is 0 Å². The molecule has 0 spiro atoms. The van der Waals surface area contributed by atoms with Crippen LogP contribution in [-0.4, -0.2) is 18.4 Å². The number of halogens is 1. The molecular formula is C17H17ClN2O2. The Morgan fingerprint density at radius 3 is 2.32 bits per heavy atom. The summed E-state index contributed by atoms with van der Waals surface area (Å²) in [6, 6.07) is 13.9. The molecule has 0 saturated carbocycles. The molecule has 0 saturated heterocycles. The molecule has 4 nitrogen and oxygen atoms in total. The van der Waals surface area contributed by atoms with Crippen LogP contribution in [0.5, 0.6) is 0 Å². The molecule has 2 rings (SSSR count). The average Bonchev–Trinajstić information content (AvgIpc) is 2.54. The van der Waals surface area contributed by atoms with Crippen LogP contribution >= 0.6 is 11.6 Å². The van der Waals surface area contributed by atoms with Crippen molar-refractivity contribution in [3.63, 3.8) is 0 Å². The maximum atomic E-state index is 12.0. The Labute approximate surface area is 134 Å². The average molecular weight is 317 g/mol. The van der Waals surface area contributed by atoms with E-state index in [1.165, 1.54) is 0 Å². The van der Waals surface area contributed by atoms with E-state index < -0.39 is 0 Å². The zero-order valence-electron chi connectivity index (χ0n) is 12.2. The molecule has 0 radical (unpaired) electrons. The van der Waals surface area contributed by atoms with Gasteiger partial charge in [-0.1, -0.05) is 23.7 Å². The van der Waals surface area contributed by atoms with Crippen LogP contribution in [0.2, 0.25) is 5.02 Å². The molecule has 0 heterocycles. The molecule has 2 aromatic rings. The monoisotopic (exact) mass is 316 g/mol. The Kier molecular flexibility index (Phi) is 5.55. The lowest BCUT2D eigenvalue weighted by molar-refractivity contribution is 0.0947. The Morgan fingerprint density at radius 1 is 0.955 bits per heavy atom. The lowest BCUT2D eigenvalue weighted by Gasteiger charge is -2.07. The van der Waals surface area contributed by atoms with Crippen molar-refractivity contribution in [2.75, 3.05) is 6.54 Å². The Morgan fingerprint density at radius 2 is 1.64 bits per heavy atom. The summed E-state index contributed by atoms with van der Waals surface area (Å²) in [7, 11) is 0. The van der Waals surface area contributed by atoms with Gasteiger partial charge < -0.3 is 10.6 Å². The fourth-order valence-corrected chi connectivity index (χ4v) is 2.10. The molecule has 114 valence electrons. The summed E-state index contributed by atoms with van der Waals surface area (Å²) in [6.07, 6.45) is 0. The van der Waals surface area contributed by atoms with E-state index in [1.807, 2.05) is 13.0 Å². The number of amides is 2. The minimum absolute atomic E-state index is 0.117. The van der Waals surface area contributed by atoms with Crippen LogP contribution in [0.15, 0.2) is 48.5 Å². The fourth-order valence-electron chi connectivity index (χ4n) is 1.97. The molecule has 0 aliphatic heterocycles. The number of rotatable bonds is 5. The van der Waals surface area contributed by atoms with Crippen LogP contribution in [0.3, 0.4) is 0 Å². The quantitative estimate of drug-likeness (QED) is 0.891. The maximum Gasteiger partial charge on any atom is 0.251 e. The molecule has 2 N–H and O–H groups in total. The third-order valence-corrected chi connectivity index (χ3v) is 3.34. The summed E-state index contributed by atoms with van der Waals surface area (Å²) in [4.78, 5) is 23.8. The smallest absolute Gasteiger partial charge is 0.251 e. The van der Waals surface area contributed by atoms with Crippen LogP contribution in [-0.2, 0) is 6.54 Å². The van der Waals surface area contributed by atoms with Crippen LogP contribution < -0.4 is 10.6 Å². The number of hydrogen-bond donors (Lipinski definition) is 2. The van der Waals surface area contributed by atoms with Crippen LogP contribution in [0, 0.1) is 0 Å². The molecule has 2 aromatic carbocycles. The van der Waals surface area contributed by atoms with E-state index in [0.29, 0.717) is 29.2 Å². The second-order valence-electron chi connectivity index (χ2n) is 4.75. The second-order valence-corrected chi connectivity index (χ2v) is 5.19. The van der Waals surface area contributed by atoms with Gasteiger partial charge in [-0.2, -0.15) is 0 Å². The molecule has 0 aliphatic rings. The largest absolute Gasteiger partial charge is 0.352 e. The topological polar surface area (TPSA) is 58.2 Å². The highest BCUT2D eigenvalue weighted by atomic mass is 35.5. The highest BCUT2D eigenvalue weighted by Gasteiger charge is 2.07. The highest BCUT2D eigenvalue weighted by Crippen LogP contribution is 2.10. The van der Waals surface area contributed by atoms with E-state index in [-0.39, 0.29) is 11.8 Å². The van der Waals surface area contributed by atoms with Crippen LogP contribution in [0.1, 0.15) is 33.2 Å². The summed E-state index contributed by atoms with van der Waals surface area (Å²) in [5.41, 5.74) is 2.00. The first-order valence-electron chi connectivity index (χ1n) is 7.01. The Hall–Kier alpha value is -2.33. The lowest BCUT2D eigenvalue weighted by atomic mass is 10.1. The first-order chi connectivity index (χ1) is 10.6. The Bertz CT molecular complexity index is 669. The minimum Gasteiger partial charge on any atom is -0.352 e. The van der Waals surface area contributed by atoms with Crippen molar-refractivity contribution in [2.45, 2.75) is 13.5 Å². The highest BCUT2D eigenvalue weighted by molar-refractivity contribution is 6.30. The van der Waals surface area contributed by atoms with Gasteiger partial charge in [0.15, 0.2) is 0 Å². The van der Waals surface area contributed by atoms with E-state index in [1.54, 1.807) is 42.5 Å². The van der Waals surface area contributed by atoms with E-state index in [2.05, 4.69) is 10.6 Å². The van der Waals surface area contributed by atoms with Crippen molar-refractivity contribution in [2.24, 2.45) is 0 Å². The van der Waals surface area contributed by atoms with Gasteiger partial charge in [0.2, 0.25) is 0 Å². The SMILES string of the molecule is CCNC(=O)c1cccc(CNC(=O)c2ccc(Cl)cc2)c1. The molecule has 0 unspecified atom stereocenters. The number of carbonyl (C=O) groups is 2. The third-order valence-electron chi connectivity index (χ3n) is 3.09. The van der Waals surface area contributed by atoms with Crippen molar-refractivity contribution in [1.82, 2.24) is 10.6 Å². The van der Waals surface area contributed by atoms with Gasteiger partial charge >= 0.3 is 0 Å². The van der Waals surface area contributed by atoms with Gasteiger partial charge in [-0.05, 0) is 48.9 Å². The van der Waals surface area contributed by atoms with Crippen molar-refractivity contribution in [3.8, 4) is 0 Å². The normalized spacial score (nSPS) is 10.1. The van der Waals surface area contributed by atoms with Crippen molar-refractivity contribution >= 4 is 23.4 Å². The van der Waals surface area contributed by atoms with Gasteiger partial charge in [0.25, 0.3) is 11.8 Å². The number of hydrogen-bond acceptors (Lipinski definition) is 2. The van der Waals surface area contributed by atoms with Gasteiger partial charge in [0.1, 0.15) is 0 Å². The fraction of sp³-hybridized carbons (Fsp3) is 0.176. The molecule has 0 aromatic heterocycles. The molecule has 0 bridgehead atoms. The van der Waals surface area contributed by atoms with E-state index >= 15 is 0 Å². The summed E-state index contributed by atoms with van der Waals surface area (Å²) < 4.78 is 0. The van der Waals surface area contributed by atoms with Crippen LogP contribution in [0.4, 0.5) is 0 Å². The first kappa shape index (κ1) is 16.0. The predicted molar refractivity (Wildman–Crippen MR) is 87.1 cm³/mol. The zero-order valence-corrected chi connectivity index (χ0v) is 13.0. The van der Waals surface area contributed by atoms with Crippen molar-refractivity contribution < 1.29 is 9.59 Å². The molecule has 22 heavy (non-hydrogen) atoms. The number of nitrogens with one attached hydrogen (secondary N) is 2. The van der Waals surface area contributed by atoms with E-state index in [0.717, 1.165) is 5.56 Å². The Balaban J connectivity index is 1.99. The zero-order chi connectivity index (χ0) is 15.9. The molecule has 0 aliphatic carbocycles. The van der Waals surface area contributed by atoms with Gasteiger partial charge in [0.05, 0.1) is 0 Å². The third kappa shape index (κ3) is 4.33. The lowest BCUT2D eigenvalue weighted by Crippen LogP contribution is -2.24. The molecule has 5 heteroatoms. The maximum absolute atomic E-state index is 12.0. The van der Waals surface area contributed by atoms with E-state index in [4.69, 9.17) is 11.6 Å². The van der Waals surface area contributed by atoms with Crippen molar-refractivity contribution in [1.29, 1.82) is 0 Å². The van der Waals surface area contributed by atoms with Crippen LogP contribution in [0.25, 0.3) is 0 Å². The number of benzene rings is 2. The van der Waals surface area contributed by atoms with Crippen molar-refractivity contribution in [3.05, 3.63) is 70.2 Å². The summed E-state index contributed by atoms with van der Waals surface area (Å²) in [5, 5.41) is 6.15. The number of carbonyl (C=O) groups excluding carboxylic acids is 2. The minimum atomic E-state index is -0.180. The van der Waals surface area contributed by atoms with E-state index in [9.17, 15) is 9.59 Å². The molecule has 0 fully saturated rings. The summed E-state index contributed by atoms with van der Waals surface area (Å²) >= 11 is 5.79. The second kappa shape index (κ2) is 7.61. The van der Waals surface area contributed by atoms with Gasteiger partial charge in [0, 0.05) is 29.2 Å². The molecular weight excluding hydrogens is 300 g/mol. The van der Waals surface area contributed by atoms with Gasteiger partial charge in [-0.3, -0.25) is 9.59 Å². The summed E-state index contributed by atoms with van der Waals surface area (Å²) in [6.45, 7) is 2.80. The predicted octanol–water partition coefficient (Wildman–Crippen LogP) is 3.02. The molecule has 0 atom stereocenters. The summed E-state index contributed by atoms with van der Waals surface area (Å²) in [5.74, 6) is -0.298. The standard InChI is InChI=1S/C17H17ClN2O2/c1-2-19-17(22)14-5-3-4-12(10-14)11-20-16(21)13-6-8-15(18)9-7-13/h3-10H,2,11H2,1H3,(H,19,22)(H,20,21). The first-order valence-corrected chi connectivity index (χ1v) is 7.39. The van der Waals surface area contributed by atoms with Gasteiger partial charge in [-0.25, -0.2) is 0 Å².